The van der Waals surface area contributed by atoms with Gasteiger partial charge in [0.25, 0.3) is 5.91 Å². The van der Waals surface area contributed by atoms with E-state index in [9.17, 15) is 19.5 Å². The Kier molecular flexibility index (Phi) is 5.96. The molecule has 1 aromatic carbocycles. The van der Waals surface area contributed by atoms with Gasteiger partial charge in [0.05, 0.1) is 30.9 Å². The number of carbonyl (C=O) groups is 3. The van der Waals surface area contributed by atoms with E-state index in [-0.39, 0.29) is 5.69 Å². The molecule has 3 N–H and O–H groups in total. The van der Waals surface area contributed by atoms with Crippen molar-refractivity contribution in [2.45, 2.75) is 19.0 Å². The lowest BCUT2D eigenvalue weighted by Gasteiger charge is -2.18. The molecule has 0 bridgehead atoms. The zero-order chi connectivity index (χ0) is 18.4. The van der Waals surface area contributed by atoms with E-state index < -0.39 is 36.5 Å². The number of nitrogens with zero attached hydrogens (tertiary/aromatic N) is 2. The van der Waals surface area contributed by atoms with Crippen molar-refractivity contribution < 1.29 is 24.2 Å². The Morgan fingerprint density at radius 2 is 1.88 bits per heavy atom. The van der Waals surface area contributed by atoms with Crippen LogP contribution in [0.3, 0.4) is 0 Å². The second-order valence-corrected chi connectivity index (χ2v) is 5.21. The average molecular weight is 346 g/mol. The van der Waals surface area contributed by atoms with Crippen LogP contribution in [0.2, 0.25) is 0 Å². The molecule has 1 heterocycles. The van der Waals surface area contributed by atoms with Crippen molar-refractivity contribution in [2.24, 2.45) is 0 Å². The first-order valence-electron chi connectivity index (χ1n) is 7.48. The van der Waals surface area contributed by atoms with Crippen molar-refractivity contribution in [3.8, 4) is 0 Å². The second-order valence-electron chi connectivity index (χ2n) is 5.21. The van der Waals surface area contributed by atoms with Gasteiger partial charge < -0.3 is 20.5 Å². The number of rotatable bonds is 6. The molecule has 0 spiro atoms. The molecule has 1 aromatic heterocycles. The van der Waals surface area contributed by atoms with E-state index in [2.05, 4.69) is 25.3 Å². The smallest absolute Gasteiger partial charge is 0.328 e. The lowest BCUT2D eigenvalue weighted by molar-refractivity contribution is -0.144. The Balaban J connectivity index is 2.07. The molecule has 2 atom stereocenters. The molecule has 0 aliphatic carbocycles. The van der Waals surface area contributed by atoms with Gasteiger partial charge in [0.1, 0.15) is 17.8 Å². The summed E-state index contributed by atoms with van der Waals surface area (Å²) >= 11 is 0. The van der Waals surface area contributed by atoms with Gasteiger partial charge in [-0.05, 0) is 19.1 Å². The molecule has 0 saturated carbocycles. The van der Waals surface area contributed by atoms with Crippen LogP contribution in [0.5, 0.6) is 0 Å². The number of hydrogen-bond donors (Lipinski definition) is 3. The Morgan fingerprint density at radius 3 is 2.52 bits per heavy atom. The maximum Gasteiger partial charge on any atom is 0.328 e. The number of benzene rings is 1. The summed E-state index contributed by atoms with van der Waals surface area (Å²) in [5, 5.41) is 14.0. The highest BCUT2D eigenvalue weighted by molar-refractivity contribution is 5.97. The Hall–Kier alpha value is -3.07. The molecule has 25 heavy (non-hydrogen) atoms. The summed E-state index contributed by atoms with van der Waals surface area (Å²) in [4.78, 5) is 43.9. The van der Waals surface area contributed by atoms with Crippen LogP contribution in [-0.4, -0.2) is 58.7 Å². The standard InChI is InChI=1S/C16H18N4O5/c1-9(16(24)25-2)18-15(23)13(8-21)20-14(22)12-7-17-10-5-3-4-6-11(10)19-12/h3-7,9,13,21H,8H2,1-2H3,(H,18,23)(H,20,22). The van der Waals surface area contributed by atoms with Gasteiger partial charge in [0, 0.05) is 0 Å². The van der Waals surface area contributed by atoms with Gasteiger partial charge in [0.2, 0.25) is 5.91 Å². The molecule has 132 valence electrons. The van der Waals surface area contributed by atoms with E-state index >= 15 is 0 Å². The van der Waals surface area contributed by atoms with Crippen LogP contribution in [0.4, 0.5) is 0 Å². The van der Waals surface area contributed by atoms with Crippen molar-refractivity contribution >= 4 is 28.8 Å². The summed E-state index contributed by atoms with van der Waals surface area (Å²) in [6.07, 6.45) is 1.28. The average Bonchev–Trinajstić information content (AvgIpc) is 2.64. The number of nitrogens with one attached hydrogen (secondary N) is 2. The summed E-state index contributed by atoms with van der Waals surface area (Å²) in [6, 6.07) is 4.86. The number of aliphatic hydroxyl groups excluding tert-OH is 1. The first-order chi connectivity index (χ1) is 12.0. The van der Waals surface area contributed by atoms with Crippen LogP contribution in [0, 0.1) is 0 Å². The number of carbonyl (C=O) groups excluding carboxylic acids is 3. The minimum Gasteiger partial charge on any atom is -0.467 e. The monoisotopic (exact) mass is 346 g/mol. The summed E-state index contributed by atoms with van der Waals surface area (Å²) in [5.41, 5.74) is 1.16. The molecule has 0 fully saturated rings. The van der Waals surface area contributed by atoms with Crippen LogP contribution in [0.25, 0.3) is 11.0 Å². The third-order valence-electron chi connectivity index (χ3n) is 3.40. The number of aromatic nitrogens is 2. The Bertz CT molecular complexity index is 795. The Labute approximate surface area is 143 Å². The molecular formula is C16H18N4O5. The fourth-order valence-corrected chi connectivity index (χ4v) is 2.04. The molecule has 0 aliphatic rings. The van der Waals surface area contributed by atoms with Crippen molar-refractivity contribution in [1.29, 1.82) is 0 Å². The van der Waals surface area contributed by atoms with E-state index in [1.807, 2.05) is 0 Å². The van der Waals surface area contributed by atoms with Crippen LogP contribution in [-0.2, 0) is 14.3 Å². The van der Waals surface area contributed by atoms with Gasteiger partial charge in [-0.2, -0.15) is 0 Å². The van der Waals surface area contributed by atoms with E-state index in [0.717, 1.165) is 0 Å². The van der Waals surface area contributed by atoms with Crippen LogP contribution in [0.15, 0.2) is 30.5 Å². The van der Waals surface area contributed by atoms with Crippen molar-refractivity contribution in [2.75, 3.05) is 13.7 Å². The zero-order valence-corrected chi connectivity index (χ0v) is 13.7. The lowest BCUT2D eigenvalue weighted by atomic mass is 10.2. The molecule has 0 radical (unpaired) electrons. The fourth-order valence-electron chi connectivity index (χ4n) is 2.04. The third kappa shape index (κ3) is 4.48. The molecule has 2 aromatic rings. The van der Waals surface area contributed by atoms with Gasteiger partial charge >= 0.3 is 5.97 Å². The van der Waals surface area contributed by atoms with E-state index in [1.165, 1.54) is 20.2 Å². The predicted octanol–water partition coefficient (Wildman–Crippen LogP) is -0.602. The second kappa shape index (κ2) is 8.15. The minimum absolute atomic E-state index is 0.00552. The number of para-hydroxylation sites is 2. The minimum atomic E-state index is -1.24. The highest BCUT2D eigenvalue weighted by atomic mass is 16.5. The largest absolute Gasteiger partial charge is 0.467 e. The predicted molar refractivity (Wildman–Crippen MR) is 87.5 cm³/mol. The van der Waals surface area contributed by atoms with E-state index in [0.29, 0.717) is 11.0 Å². The number of aliphatic hydroxyl groups is 1. The molecule has 9 heteroatoms. The van der Waals surface area contributed by atoms with Gasteiger partial charge in [-0.3, -0.25) is 14.6 Å². The van der Waals surface area contributed by atoms with Crippen molar-refractivity contribution in [1.82, 2.24) is 20.6 Å². The van der Waals surface area contributed by atoms with Crippen LogP contribution < -0.4 is 10.6 Å². The van der Waals surface area contributed by atoms with Crippen molar-refractivity contribution in [3.05, 3.63) is 36.2 Å². The summed E-state index contributed by atoms with van der Waals surface area (Å²) in [5.74, 6) is -2.03. The van der Waals surface area contributed by atoms with Gasteiger partial charge in [-0.25, -0.2) is 9.78 Å². The highest BCUT2D eigenvalue weighted by Crippen LogP contribution is 2.08. The SMILES string of the molecule is COC(=O)C(C)NC(=O)C(CO)NC(=O)c1cnc2ccccc2n1. The third-order valence-corrected chi connectivity index (χ3v) is 3.40. The maximum absolute atomic E-state index is 12.2. The quantitative estimate of drug-likeness (QED) is 0.595. The lowest BCUT2D eigenvalue weighted by Crippen LogP contribution is -2.52. The number of methoxy groups -OCH3 is 1. The number of fused-ring (bicyclic) bond motifs is 1. The Morgan fingerprint density at radius 1 is 1.20 bits per heavy atom. The molecule has 0 aliphatic heterocycles. The van der Waals surface area contributed by atoms with E-state index in [1.54, 1.807) is 24.3 Å². The van der Waals surface area contributed by atoms with Crippen LogP contribution in [0.1, 0.15) is 17.4 Å². The highest BCUT2D eigenvalue weighted by Gasteiger charge is 2.25. The summed E-state index contributed by atoms with van der Waals surface area (Å²) in [6.45, 7) is 0.779. The van der Waals surface area contributed by atoms with Gasteiger partial charge in [-0.15, -0.1) is 0 Å². The molecule has 9 nitrogen and oxygen atoms in total. The first kappa shape index (κ1) is 18.3. The molecule has 2 amide bonds. The number of esters is 1. The van der Waals surface area contributed by atoms with Gasteiger partial charge in [-0.1, -0.05) is 12.1 Å². The zero-order valence-electron chi connectivity index (χ0n) is 13.7. The molecule has 2 rings (SSSR count). The summed E-state index contributed by atoms with van der Waals surface area (Å²) in [7, 11) is 1.19. The van der Waals surface area contributed by atoms with E-state index in [4.69, 9.17) is 0 Å². The number of hydrogen-bond acceptors (Lipinski definition) is 7. The molecular weight excluding hydrogens is 328 g/mol. The molecule has 0 saturated heterocycles. The summed E-state index contributed by atoms with van der Waals surface area (Å²) < 4.78 is 4.50. The fraction of sp³-hybridized carbons (Fsp3) is 0.312. The van der Waals surface area contributed by atoms with Crippen LogP contribution >= 0.6 is 0 Å². The van der Waals surface area contributed by atoms with Crippen molar-refractivity contribution in [3.63, 3.8) is 0 Å². The number of ether oxygens (including phenoxy) is 1. The normalized spacial score (nSPS) is 12.9. The first-order valence-corrected chi connectivity index (χ1v) is 7.48. The molecule has 2 unspecified atom stereocenters. The topological polar surface area (TPSA) is 131 Å². The number of amides is 2. The maximum atomic E-state index is 12.2. The van der Waals surface area contributed by atoms with Gasteiger partial charge in [0.15, 0.2) is 0 Å².